The molecule has 424 valence electrons. The summed E-state index contributed by atoms with van der Waals surface area (Å²) in [5, 5.41) is 0. The quantitative estimate of drug-likeness (QED) is 0.0261. The predicted octanol–water partition coefficient (Wildman–Crippen LogP) is 21.0. The van der Waals surface area contributed by atoms with E-state index in [-0.39, 0.29) is 31.1 Å². The number of hydrogen-bond donors (Lipinski definition) is 0. The zero-order valence-corrected chi connectivity index (χ0v) is 48.5. The Bertz CT molecular complexity index is 1620. The summed E-state index contributed by atoms with van der Waals surface area (Å²) in [5.74, 6) is -0.927. The van der Waals surface area contributed by atoms with Gasteiger partial charge in [0.05, 0.1) is 0 Å². The molecule has 0 fully saturated rings. The van der Waals surface area contributed by atoms with Gasteiger partial charge in [-0.1, -0.05) is 251 Å². The molecule has 0 aromatic heterocycles. The standard InChI is InChI=1S/C69H112O6/c1-4-7-10-13-16-19-22-25-27-29-30-31-32-33-34-35-36-37-38-40-41-44-47-50-53-56-59-62-68(71)74-65-66(64-73-67(70)61-58-55-52-49-46-43-24-21-18-15-12-9-6-3)75-69(72)63-60-57-54-51-48-45-42-39-28-26-23-20-17-14-11-8-5-2/h7-8,10-12,15-17,19-21,24-28,30-31,33-34,36-37,66H,4-6,9,13-14,18,22-23,29,32,35,38-65H2,1-3H3/b10-7-,11-8-,15-12-,19-16-,20-17-,24-21-,27-25-,28-26-,31-30-,34-33-,37-36-. The van der Waals surface area contributed by atoms with Gasteiger partial charge in [-0.2, -0.15) is 0 Å². The molecule has 0 rings (SSSR count). The second kappa shape index (κ2) is 62.1. The number of carbonyl (C=O) groups excluding carboxylic acids is 3. The third-order valence-electron chi connectivity index (χ3n) is 12.6. The number of unbranched alkanes of at least 4 members (excludes halogenated alkanes) is 21. The van der Waals surface area contributed by atoms with Gasteiger partial charge in [0.25, 0.3) is 0 Å². The van der Waals surface area contributed by atoms with Gasteiger partial charge in [0.1, 0.15) is 13.2 Å². The Kier molecular flexibility index (Phi) is 58.4. The summed E-state index contributed by atoms with van der Waals surface area (Å²) in [6.45, 7) is 6.32. The molecule has 0 aromatic carbocycles. The van der Waals surface area contributed by atoms with Crippen molar-refractivity contribution in [2.75, 3.05) is 13.2 Å². The lowest BCUT2D eigenvalue weighted by Gasteiger charge is -2.18. The molecule has 0 radical (unpaired) electrons. The maximum Gasteiger partial charge on any atom is 0.306 e. The van der Waals surface area contributed by atoms with Gasteiger partial charge in [-0.3, -0.25) is 14.4 Å². The first kappa shape index (κ1) is 70.5. The summed E-state index contributed by atoms with van der Waals surface area (Å²) in [4.78, 5) is 38.2. The number of ether oxygens (including phenoxy) is 3. The number of allylic oxidation sites excluding steroid dienone is 22. The average molecular weight is 1040 g/mol. The van der Waals surface area contributed by atoms with Gasteiger partial charge in [0.2, 0.25) is 0 Å². The minimum absolute atomic E-state index is 0.0948. The summed E-state index contributed by atoms with van der Waals surface area (Å²) in [5.41, 5.74) is 0. The lowest BCUT2D eigenvalue weighted by molar-refractivity contribution is -0.167. The SMILES string of the molecule is CC/C=C\C/C=C\C/C=C\C/C=C\C/C=C\C/C=C\CCCCCCCCCCC(=O)OCC(COC(=O)CCCCCCC/C=C\C/C=C\CCC)OC(=O)CCCCCCCCC/C=C\C/C=C\C/C=C\CC. The molecule has 0 aliphatic heterocycles. The lowest BCUT2D eigenvalue weighted by atomic mass is 10.1. The van der Waals surface area contributed by atoms with Crippen LogP contribution in [0.5, 0.6) is 0 Å². The molecular weight excluding hydrogens is 925 g/mol. The molecule has 0 saturated carbocycles. The molecule has 0 heterocycles. The minimum atomic E-state index is -0.798. The van der Waals surface area contributed by atoms with Crippen LogP contribution in [-0.2, 0) is 28.6 Å². The van der Waals surface area contributed by atoms with E-state index < -0.39 is 6.10 Å². The van der Waals surface area contributed by atoms with Crippen molar-refractivity contribution in [3.05, 3.63) is 134 Å². The van der Waals surface area contributed by atoms with Gasteiger partial charge in [0, 0.05) is 19.3 Å². The Hall–Kier alpha value is -4.45. The molecule has 0 aromatic rings. The maximum atomic E-state index is 12.9. The predicted molar refractivity (Wildman–Crippen MR) is 325 cm³/mol. The molecule has 0 aliphatic rings. The minimum Gasteiger partial charge on any atom is -0.462 e. The Morgan fingerprint density at radius 3 is 0.813 bits per heavy atom. The normalized spacial score (nSPS) is 13.1. The fourth-order valence-corrected chi connectivity index (χ4v) is 8.09. The van der Waals surface area contributed by atoms with Crippen molar-refractivity contribution in [1.29, 1.82) is 0 Å². The second-order valence-electron chi connectivity index (χ2n) is 19.8. The van der Waals surface area contributed by atoms with Crippen molar-refractivity contribution in [3.63, 3.8) is 0 Å². The van der Waals surface area contributed by atoms with Crippen molar-refractivity contribution >= 4 is 17.9 Å². The van der Waals surface area contributed by atoms with Crippen molar-refractivity contribution in [2.45, 2.75) is 271 Å². The van der Waals surface area contributed by atoms with E-state index in [0.29, 0.717) is 19.3 Å². The van der Waals surface area contributed by atoms with Crippen LogP contribution in [0.4, 0.5) is 0 Å². The van der Waals surface area contributed by atoms with Gasteiger partial charge >= 0.3 is 17.9 Å². The van der Waals surface area contributed by atoms with Crippen LogP contribution >= 0.6 is 0 Å². The summed E-state index contributed by atoms with van der Waals surface area (Å²) in [7, 11) is 0. The monoisotopic (exact) mass is 1040 g/mol. The van der Waals surface area contributed by atoms with E-state index in [9.17, 15) is 14.4 Å². The van der Waals surface area contributed by atoms with E-state index in [4.69, 9.17) is 14.2 Å². The number of hydrogen-bond acceptors (Lipinski definition) is 6. The van der Waals surface area contributed by atoms with Gasteiger partial charge in [-0.25, -0.2) is 0 Å². The molecule has 0 N–H and O–H groups in total. The number of rotatable bonds is 54. The highest BCUT2D eigenvalue weighted by atomic mass is 16.6. The van der Waals surface area contributed by atoms with E-state index in [1.54, 1.807) is 0 Å². The van der Waals surface area contributed by atoms with E-state index in [1.807, 2.05) is 0 Å². The van der Waals surface area contributed by atoms with Gasteiger partial charge in [0.15, 0.2) is 6.10 Å². The van der Waals surface area contributed by atoms with Crippen molar-refractivity contribution in [2.24, 2.45) is 0 Å². The van der Waals surface area contributed by atoms with Crippen molar-refractivity contribution in [1.82, 2.24) is 0 Å². The Balaban J connectivity index is 4.37. The van der Waals surface area contributed by atoms with Crippen LogP contribution in [0.25, 0.3) is 0 Å². The maximum absolute atomic E-state index is 12.9. The number of carbonyl (C=O) groups is 3. The van der Waals surface area contributed by atoms with Crippen LogP contribution in [0.15, 0.2) is 134 Å². The highest BCUT2D eigenvalue weighted by Crippen LogP contribution is 2.15. The van der Waals surface area contributed by atoms with E-state index >= 15 is 0 Å². The Morgan fingerprint density at radius 2 is 0.520 bits per heavy atom. The van der Waals surface area contributed by atoms with Crippen LogP contribution < -0.4 is 0 Å². The summed E-state index contributed by atoms with van der Waals surface area (Å²) < 4.78 is 16.9. The molecule has 6 heteroatoms. The molecule has 75 heavy (non-hydrogen) atoms. The highest BCUT2D eigenvalue weighted by molar-refractivity contribution is 5.71. The fourth-order valence-electron chi connectivity index (χ4n) is 8.09. The zero-order chi connectivity index (χ0) is 54.3. The molecule has 1 unspecified atom stereocenters. The molecule has 0 aliphatic carbocycles. The first-order chi connectivity index (χ1) is 37.0. The molecule has 1 atom stereocenters. The molecule has 0 spiro atoms. The van der Waals surface area contributed by atoms with Gasteiger partial charge < -0.3 is 14.2 Å². The van der Waals surface area contributed by atoms with Crippen molar-refractivity contribution in [3.8, 4) is 0 Å². The Labute approximate surface area is 462 Å². The molecular formula is C69H112O6. The van der Waals surface area contributed by atoms with Crippen LogP contribution in [0, 0.1) is 0 Å². The first-order valence-corrected chi connectivity index (χ1v) is 30.7. The van der Waals surface area contributed by atoms with E-state index in [0.717, 1.165) is 161 Å². The number of esters is 3. The fraction of sp³-hybridized carbons (Fsp3) is 0.638. The summed E-state index contributed by atoms with van der Waals surface area (Å²) >= 11 is 0. The van der Waals surface area contributed by atoms with E-state index in [2.05, 4.69) is 154 Å². The van der Waals surface area contributed by atoms with Gasteiger partial charge in [-0.05, 0) is 128 Å². The molecule has 0 bridgehead atoms. The zero-order valence-electron chi connectivity index (χ0n) is 48.5. The third-order valence-corrected chi connectivity index (χ3v) is 12.6. The topological polar surface area (TPSA) is 78.9 Å². The highest BCUT2D eigenvalue weighted by Gasteiger charge is 2.19. The van der Waals surface area contributed by atoms with Crippen molar-refractivity contribution < 1.29 is 28.6 Å². The Morgan fingerprint density at radius 1 is 0.280 bits per heavy atom. The van der Waals surface area contributed by atoms with E-state index in [1.165, 1.54) is 64.2 Å². The van der Waals surface area contributed by atoms with Crippen LogP contribution in [0.2, 0.25) is 0 Å². The van der Waals surface area contributed by atoms with Crippen LogP contribution in [0.1, 0.15) is 265 Å². The second-order valence-corrected chi connectivity index (χ2v) is 19.8. The van der Waals surface area contributed by atoms with Crippen LogP contribution in [-0.4, -0.2) is 37.2 Å². The molecule has 0 amide bonds. The van der Waals surface area contributed by atoms with Crippen LogP contribution in [0.3, 0.4) is 0 Å². The summed E-state index contributed by atoms with van der Waals surface area (Å²) in [6.07, 6.45) is 87.3. The summed E-state index contributed by atoms with van der Waals surface area (Å²) in [6, 6.07) is 0. The smallest absolute Gasteiger partial charge is 0.306 e. The molecule has 0 saturated heterocycles. The largest absolute Gasteiger partial charge is 0.462 e. The molecule has 6 nitrogen and oxygen atoms in total. The average Bonchev–Trinajstić information content (AvgIpc) is 3.41. The lowest BCUT2D eigenvalue weighted by Crippen LogP contribution is -2.30. The van der Waals surface area contributed by atoms with Gasteiger partial charge in [-0.15, -0.1) is 0 Å². The first-order valence-electron chi connectivity index (χ1n) is 30.7. The third kappa shape index (κ3) is 60.3.